The first kappa shape index (κ1) is 12.0. The smallest absolute Gasteiger partial charge is 0.409 e. The van der Waals surface area contributed by atoms with Crippen LogP contribution in [0.15, 0.2) is 70.3 Å². The van der Waals surface area contributed by atoms with Gasteiger partial charge < -0.3 is 9.73 Å². The molecule has 6 nitrogen and oxygen atoms in total. The van der Waals surface area contributed by atoms with Crippen LogP contribution in [0, 0.1) is 5.21 Å². The quantitative estimate of drug-likeness (QED) is 0.411. The summed E-state index contributed by atoms with van der Waals surface area (Å²) in [5, 5.41) is 19.3. The molecule has 0 radical (unpaired) electrons. The van der Waals surface area contributed by atoms with Gasteiger partial charge in [0, 0.05) is 17.7 Å². The van der Waals surface area contributed by atoms with Gasteiger partial charge in [-0.2, -0.15) is 4.98 Å². The van der Waals surface area contributed by atoms with E-state index in [-0.39, 0.29) is 6.01 Å². The molecule has 0 fully saturated rings. The summed E-state index contributed by atoms with van der Waals surface area (Å²) < 4.78 is 4.94. The first-order chi connectivity index (χ1) is 9.83. The van der Waals surface area contributed by atoms with Gasteiger partial charge in [-0.15, -0.1) is 0 Å². The molecule has 0 saturated carbocycles. The molecule has 1 aromatic heterocycles. The Bertz CT molecular complexity index is 723. The predicted molar refractivity (Wildman–Crippen MR) is 71.6 cm³/mol. The second kappa shape index (κ2) is 5.31. The van der Waals surface area contributed by atoms with Crippen molar-refractivity contribution in [2.45, 2.75) is 0 Å². The minimum Gasteiger partial charge on any atom is -0.594 e. The summed E-state index contributed by atoms with van der Waals surface area (Å²) in [6, 6.07) is 17.8. The molecule has 0 amide bonds. The zero-order valence-corrected chi connectivity index (χ0v) is 10.4. The van der Waals surface area contributed by atoms with Gasteiger partial charge >= 0.3 is 6.01 Å². The lowest BCUT2D eigenvalue weighted by Crippen LogP contribution is -1.89. The fourth-order valence-corrected chi connectivity index (χ4v) is 1.65. The number of aromatic nitrogens is 2. The largest absolute Gasteiger partial charge is 0.594 e. The predicted octanol–water partition coefficient (Wildman–Crippen LogP) is 3.66. The number of rotatable bonds is 3. The number of benzene rings is 2. The van der Waals surface area contributed by atoms with Gasteiger partial charge in [-0.3, -0.25) is 0 Å². The molecule has 1 heterocycles. The molecule has 6 heteroatoms. The molecule has 0 spiro atoms. The van der Waals surface area contributed by atoms with Gasteiger partial charge in [0.25, 0.3) is 0 Å². The molecule has 0 N–H and O–H groups in total. The molecule has 0 atom stereocenters. The Balaban J connectivity index is 1.88. The van der Waals surface area contributed by atoms with E-state index in [1.165, 1.54) is 0 Å². The van der Waals surface area contributed by atoms with Gasteiger partial charge in [0.15, 0.2) is 0 Å². The number of hydrogen-bond acceptors (Lipinski definition) is 5. The second-order valence-electron chi connectivity index (χ2n) is 3.98. The normalized spacial score (nSPS) is 11.5. The van der Waals surface area contributed by atoms with Crippen LogP contribution in [0.2, 0.25) is 0 Å². The maximum Gasteiger partial charge on any atom is 0.409 e. The van der Waals surface area contributed by atoms with E-state index in [4.69, 9.17) is 4.52 Å². The van der Waals surface area contributed by atoms with Crippen molar-refractivity contribution in [2.75, 3.05) is 0 Å². The van der Waals surface area contributed by atoms with Crippen molar-refractivity contribution in [3.63, 3.8) is 0 Å². The van der Waals surface area contributed by atoms with E-state index in [0.717, 1.165) is 5.56 Å². The summed E-state index contributed by atoms with van der Waals surface area (Å²) in [6.07, 6.45) is 0. The monoisotopic (exact) mass is 266 g/mol. The van der Waals surface area contributed by atoms with Gasteiger partial charge in [-0.05, 0) is 4.86 Å². The zero-order valence-electron chi connectivity index (χ0n) is 10.4. The van der Waals surface area contributed by atoms with Crippen LogP contribution in [0.4, 0.5) is 11.7 Å². The van der Waals surface area contributed by atoms with Crippen molar-refractivity contribution in [3.05, 3.63) is 65.9 Å². The SMILES string of the molecule is [O-]/[N+](=N/c1nc(-c2ccccc2)no1)c1ccccc1. The molecular formula is C14H10N4O2. The van der Waals surface area contributed by atoms with Crippen LogP contribution in [0.1, 0.15) is 0 Å². The molecule has 0 aliphatic rings. The Hall–Kier alpha value is -3.02. The highest BCUT2D eigenvalue weighted by molar-refractivity contribution is 5.54. The molecule has 0 saturated heterocycles. The van der Waals surface area contributed by atoms with E-state index in [1.807, 2.05) is 36.4 Å². The maximum absolute atomic E-state index is 11.8. The standard InChI is InChI=1S/C14H10N4O2/c19-18(12-9-5-2-6-10-12)16-14-15-13(17-20-14)11-7-3-1-4-8-11/h1-10H/b18-16+. The summed E-state index contributed by atoms with van der Waals surface area (Å²) in [7, 11) is 0. The van der Waals surface area contributed by atoms with Crippen LogP contribution in [0.5, 0.6) is 0 Å². The topological polar surface area (TPSA) is 77.4 Å². The average Bonchev–Trinajstić information content (AvgIpc) is 2.97. The van der Waals surface area contributed by atoms with Gasteiger partial charge in [-0.25, -0.2) is 0 Å². The molecule has 0 aliphatic heterocycles. The molecule has 2 aromatic carbocycles. The second-order valence-corrected chi connectivity index (χ2v) is 3.98. The molecule has 0 aliphatic carbocycles. The highest BCUT2D eigenvalue weighted by Gasteiger charge is 2.11. The van der Waals surface area contributed by atoms with Crippen LogP contribution in [0.3, 0.4) is 0 Å². The Morgan fingerprint density at radius 2 is 1.60 bits per heavy atom. The van der Waals surface area contributed by atoms with Crippen molar-refractivity contribution in [3.8, 4) is 11.4 Å². The van der Waals surface area contributed by atoms with Crippen molar-refractivity contribution in [2.24, 2.45) is 5.11 Å². The Morgan fingerprint density at radius 1 is 0.950 bits per heavy atom. The van der Waals surface area contributed by atoms with E-state index >= 15 is 0 Å². The van der Waals surface area contributed by atoms with Crippen molar-refractivity contribution in [1.29, 1.82) is 0 Å². The lowest BCUT2D eigenvalue weighted by atomic mass is 10.2. The summed E-state index contributed by atoms with van der Waals surface area (Å²) in [5.74, 6) is 0.394. The molecule has 98 valence electrons. The zero-order chi connectivity index (χ0) is 13.8. The lowest BCUT2D eigenvalue weighted by molar-refractivity contribution is -0.437. The van der Waals surface area contributed by atoms with Gasteiger partial charge in [0.05, 0.1) is 5.11 Å². The number of hydrogen-bond donors (Lipinski definition) is 0. The van der Waals surface area contributed by atoms with Crippen LogP contribution < -0.4 is 0 Å². The van der Waals surface area contributed by atoms with Crippen LogP contribution in [-0.2, 0) is 0 Å². The third kappa shape index (κ3) is 2.54. The minimum atomic E-state index is -0.0808. The fraction of sp³-hybridized carbons (Fsp3) is 0. The van der Waals surface area contributed by atoms with Crippen molar-refractivity contribution in [1.82, 2.24) is 10.1 Å². The van der Waals surface area contributed by atoms with Crippen molar-refractivity contribution < 1.29 is 9.38 Å². The third-order valence-electron chi connectivity index (χ3n) is 2.60. The average molecular weight is 266 g/mol. The molecule has 20 heavy (non-hydrogen) atoms. The first-order valence-corrected chi connectivity index (χ1v) is 5.96. The van der Waals surface area contributed by atoms with E-state index in [0.29, 0.717) is 16.4 Å². The molecule has 0 unspecified atom stereocenters. The Labute approximate surface area is 114 Å². The Morgan fingerprint density at radius 3 is 2.30 bits per heavy atom. The van der Waals surface area contributed by atoms with E-state index in [9.17, 15) is 5.21 Å². The first-order valence-electron chi connectivity index (χ1n) is 5.96. The minimum absolute atomic E-state index is 0.0808. The third-order valence-corrected chi connectivity index (χ3v) is 2.60. The van der Waals surface area contributed by atoms with Crippen LogP contribution >= 0.6 is 0 Å². The molecular weight excluding hydrogens is 256 g/mol. The van der Waals surface area contributed by atoms with E-state index < -0.39 is 0 Å². The summed E-state index contributed by atoms with van der Waals surface area (Å²) in [6.45, 7) is 0. The maximum atomic E-state index is 11.8. The fourth-order valence-electron chi connectivity index (χ4n) is 1.65. The Kier molecular flexibility index (Phi) is 3.20. The highest BCUT2D eigenvalue weighted by atomic mass is 16.5. The van der Waals surface area contributed by atoms with E-state index in [2.05, 4.69) is 15.3 Å². The molecule has 3 aromatic rings. The van der Waals surface area contributed by atoms with E-state index in [1.54, 1.807) is 24.3 Å². The molecule has 3 rings (SSSR count). The van der Waals surface area contributed by atoms with Crippen molar-refractivity contribution >= 4 is 11.7 Å². The highest BCUT2D eigenvalue weighted by Crippen LogP contribution is 2.20. The molecule has 0 bridgehead atoms. The van der Waals surface area contributed by atoms with Crippen LogP contribution in [-0.4, -0.2) is 15.0 Å². The van der Waals surface area contributed by atoms with Gasteiger partial charge in [0.2, 0.25) is 11.5 Å². The number of para-hydroxylation sites is 1. The number of nitrogens with zero attached hydrogens (tertiary/aromatic N) is 4. The summed E-state index contributed by atoms with van der Waals surface area (Å²) >= 11 is 0. The number of azo groups is 1. The van der Waals surface area contributed by atoms with Gasteiger partial charge in [-0.1, -0.05) is 53.7 Å². The lowest BCUT2D eigenvalue weighted by Gasteiger charge is -1.95. The van der Waals surface area contributed by atoms with Gasteiger partial charge in [0.1, 0.15) is 0 Å². The van der Waals surface area contributed by atoms with Crippen LogP contribution in [0.25, 0.3) is 11.4 Å². The summed E-state index contributed by atoms with van der Waals surface area (Å²) in [4.78, 5) is 4.51. The summed E-state index contributed by atoms with van der Waals surface area (Å²) in [5.41, 5.74) is 1.20.